The van der Waals surface area contributed by atoms with Crippen LogP contribution in [0.3, 0.4) is 0 Å². The van der Waals surface area contributed by atoms with Crippen LogP contribution in [0.15, 0.2) is 12.4 Å². The number of carbonyl (C=O) groups excluding carboxylic acids is 2. The van der Waals surface area contributed by atoms with Gasteiger partial charge in [0.2, 0.25) is 11.8 Å². The van der Waals surface area contributed by atoms with Crippen molar-refractivity contribution in [3.8, 4) is 0 Å². The van der Waals surface area contributed by atoms with E-state index in [1.165, 1.54) is 0 Å². The van der Waals surface area contributed by atoms with Crippen LogP contribution in [0, 0.1) is 23.7 Å². The van der Waals surface area contributed by atoms with Crippen molar-refractivity contribution in [3.63, 3.8) is 0 Å². The van der Waals surface area contributed by atoms with Gasteiger partial charge >= 0.3 is 0 Å². The molecule has 9 heteroatoms. The second-order valence-corrected chi connectivity index (χ2v) is 8.98. The Morgan fingerprint density at radius 3 is 2.55 bits per heavy atom. The first-order chi connectivity index (χ1) is 13.8. The van der Waals surface area contributed by atoms with E-state index < -0.39 is 12.2 Å². The van der Waals surface area contributed by atoms with Crippen LogP contribution in [-0.4, -0.2) is 74.6 Å². The smallest absolute Gasteiger partial charge is 0.238 e. The summed E-state index contributed by atoms with van der Waals surface area (Å²) in [5.41, 5.74) is 0.635. The maximum absolute atomic E-state index is 13.0. The standard InChI is InChI=1S/C20H31N5O4/c1-11-17(20(29)23-12-4-3-5-12)14-8-25(9-15(14)19(28)18(11)27)10-16(26)22-13-6-21-24(2)7-13/h6-7,11-12,14-15,17-19,27-28H,3-5,8-10H2,1-2H3,(H,22,26)(H,23,29)/t11-,14+,15+,17+,18+,19+/m1/s1. The lowest BCUT2D eigenvalue weighted by Crippen LogP contribution is -2.57. The van der Waals surface area contributed by atoms with E-state index in [-0.39, 0.29) is 48.1 Å². The van der Waals surface area contributed by atoms with E-state index in [4.69, 9.17) is 0 Å². The summed E-state index contributed by atoms with van der Waals surface area (Å²) in [6.45, 7) is 3.06. The highest BCUT2D eigenvalue weighted by Crippen LogP contribution is 2.43. The molecule has 2 saturated carbocycles. The molecule has 1 aliphatic heterocycles. The first kappa shape index (κ1) is 20.3. The van der Waals surface area contributed by atoms with E-state index in [1.54, 1.807) is 24.1 Å². The van der Waals surface area contributed by atoms with Gasteiger partial charge in [0.1, 0.15) is 0 Å². The van der Waals surface area contributed by atoms with Gasteiger partial charge in [-0.25, -0.2) is 0 Å². The van der Waals surface area contributed by atoms with Gasteiger partial charge in [0, 0.05) is 44.2 Å². The zero-order valence-corrected chi connectivity index (χ0v) is 17.0. The molecule has 4 rings (SSSR count). The molecule has 0 aromatic carbocycles. The highest BCUT2D eigenvalue weighted by molar-refractivity contribution is 5.92. The number of amides is 2. The summed E-state index contributed by atoms with van der Waals surface area (Å²) in [6.07, 6.45) is 4.65. The van der Waals surface area contributed by atoms with Crippen LogP contribution in [0.2, 0.25) is 0 Å². The molecule has 0 unspecified atom stereocenters. The van der Waals surface area contributed by atoms with Crippen molar-refractivity contribution in [2.45, 2.75) is 44.4 Å². The molecule has 4 N–H and O–H groups in total. The van der Waals surface area contributed by atoms with Crippen molar-refractivity contribution < 1.29 is 19.8 Å². The largest absolute Gasteiger partial charge is 0.390 e. The van der Waals surface area contributed by atoms with Gasteiger partial charge in [-0.05, 0) is 31.1 Å². The number of nitrogens with one attached hydrogen (secondary N) is 2. The summed E-state index contributed by atoms with van der Waals surface area (Å²) in [4.78, 5) is 27.4. The number of nitrogens with zero attached hydrogens (tertiary/aromatic N) is 3. The van der Waals surface area contributed by atoms with Crippen molar-refractivity contribution in [3.05, 3.63) is 12.4 Å². The Morgan fingerprint density at radius 1 is 1.21 bits per heavy atom. The van der Waals surface area contributed by atoms with Crippen molar-refractivity contribution in [2.24, 2.45) is 30.7 Å². The minimum Gasteiger partial charge on any atom is -0.390 e. The summed E-state index contributed by atoms with van der Waals surface area (Å²) in [7, 11) is 1.78. The Bertz CT molecular complexity index is 764. The Labute approximate surface area is 170 Å². The van der Waals surface area contributed by atoms with E-state index in [0.29, 0.717) is 18.8 Å². The maximum Gasteiger partial charge on any atom is 0.238 e. The second kappa shape index (κ2) is 8.04. The number of fused-ring (bicyclic) bond motifs is 1. The lowest BCUT2D eigenvalue weighted by molar-refractivity contribution is -0.146. The van der Waals surface area contributed by atoms with E-state index in [0.717, 1.165) is 19.3 Å². The van der Waals surface area contributed by atoms with Crippen LogP contribution in [0.5, 0.6) is 0 Å². The molecule has 2 amide bonds. The summed E-state index contributed by atoms with van der Waals surface area (Å²) < 4.78 is 1.62. The van der Waals surface area contributed by atoms with Gasteiger partial charge in [-0.2, -0.15) is 5.10 Å². The zero-order chi connectivity index (χ0) is 20.7. The van der Waals surface area contributed by atoms with Gasteiger partial charge in [0.05, 0.1) is 30.6 Å². The molecule has 9 nitrogen and oxygen atoms in total. The third kappa shape index (κ3) is 4.04. The highest BCUT2D eigenvalue weighted by atomic mass is 16.3. The fraction of sp³-hybridized carbons (Fsp3) is 0.750. The van der Waals surface area contributed by atoms with E-state index >= 15 is 0 Å². The first-order valence-corrected chi connectivity index (χ1v) is 10.5. The molecule has 160 valence electrons. The lowest BCUT2D eigenvalue weighted by Gasteiger charge is -2.44. The lowest BCUT2D eigenvalue weighted by atomic mass is 9.65. The number of carbonyl (C=O) groups is 2. The van der Waals surface area contributed by atoms with Crippen molar-refractivity contribution in [1.82, 2.24) is 20.0 Å². The van der Waals surface area contributed by atoms with E-state index in [1.807, 2.05) is 11.8 Å². The van der Waals surface area contributed by atoms with Crippen LogP contribution >= 0.6 is 0 Å². The first-order valence-electron chi connectivity index (χ1n) is 10.5. The molecule has 3 fully saturated rings. The minimum atomic E-state index is -0.933. The Morgan fingerprint density at radius 2 is 1.93 bits per heavy atom. The number of aliphatic hydroxyl groups excluding tert-OH is 2. The SMILES string of the molecule is C[C@H]1[C@H](O)[C@@H](O)[C@H]2CN(CC(=O)Nc3cnn(C)c3)C[C@@H]2[C@H]1C(=O)NC1CCC1. The predicted molar refractivity (Wildman–Crippen MR) is 106 cm³/mol. The Balaban J connectivity index is 1.42. The summed E-state index contributed by atoms with van der Waals surface area (Å²) in [5, 5.41) is 31.1. The van der Waals surface area contributed by atoms with Gasteiger partial charge in [0.25, 0.3) is 0 Å². The number of aliphatic hydroxyl groups is 2. The number of likely N-dealkylation sites (tertiary alicyclic amines) is 1. The van der Waals surface area contributed by atoms with Crippen LogP contribution in [0.1, 0.15) is 26.2 Å². The fourth-order valence-electron chi connectivity index (χ4n) is 5.15. The van der Waals surface area contributed by atoms with Crippen LogP contribution in [-0.2, 0) is 16.6 Å². The summed E-state index contributed by atoms with van der Waals surface area (Å²) in [5.74, 6) is -1.15. The molecule has 29 heavy (non-hydrogen) atoms. The normalized spacial score (nSPS) is 35.0. The predicted octanol–water partition coefficient (Wildman–Crippen LogP) is -0.437. The molecule has 1 aromatic rings. The van der Waals surface area contributed by atoms with Gasteiger partial charge < -0.3 is 20.8 Å². The molecule has 0 radical (unpaired) electrons. The van der Waals surface area contributed by atoms with E-state index in [9.17, 15) is 19.8 Å². The second-order valence-electron chi connectivity index (χ2n) is 8.98. The molecule has 1 saturated heterocycles. The van der Waals surface area contributed by atoms with Crippen molar-refractivity contribution in [1.29, 1.82) is 0 Å². The van der Waals surface area contributed by atoms with Gasteiger partial charge in [-0.1, -0.05) is 6.92 Å². The number of hydrogen-bond donors (Lipinski definition) is 4. The van der Waals surface area contributed by atoms with Crippen molar-refractivity contribution in [2.75, 3.05) is 25.0 Å². The summed E-state index contributed by atoms with van der Waals surface area (Å²) in [6, 6.07) is 0.236. The van der Waals surface area contributed by atoms with Gasteiger partial charge in [0.15, 0.2) is 0 Å². The Hall–Kier alpha value is -1.97. The zero-order valence-electron chi connectivity index (χ0n) is 17.0. The topological polar surface area (TPSA) is 120 Å². The molecule has 2 aliphatic carbocycles. The van der Waals surface area contributed by atoms with Crippen molar-refractivity contribution >= 4 is 17.5 Å². The molecular formula is C20H31N5O4. The van der Waals surface area contributed by atoms with Crippen LogP contribution in [0.25, 0.3) is 0 Å². The molecule has 1 aromatic heterocycles. The number of aromatic nitrogens is 2. The third-order valence-corrected chi connectivity index (χ3v) is 6.95. The molecular weight excluding hydrogens is 374 g/mol. The Kier molecular flexibility index (Phi) is 5.63. The molecule has 3 aliphatic rings. The van der Waals surface area contributed by atoms with Gasteiger partial charge in [-0.15, -0.1) is 0 Å². The molecule has 0 bridgehead atoms. The average Bonchev–Trinajstić information content (AvgIpc) is 3.22. The van der Waals surface area contributed by atoms with Gasteiger partial charge in [-0.3, -0.25) is 19.2 Å². The number of hydrogen-bond acceptors (Lipinski definition) is 6. The minimum absolute atomic E-state index is 0.0233. The molecule has 2 heterocycles. The fourth-order valence-corrected chi connectivity index (χ4v) is 5.15. The molecule has 0 spiro atoms. The number of aryl methyl sites for hydroxylation is 1. The van der Waals surface area contributed by atoms with Crippen LogP contribution in [0.4, 0.5) is 5.69 Å². The molecule has 6 atom stereocenters. The summed E-state index contributed by atoms with van der Waals surface area (Å²) >= 11 is 0. The quantitative estimate of drug-likeness (QED) is 0.527. The third-order valence-electron chi connectivity index (χ3n) is 6.95. The average molecular weight is 405 g/mol. The number of rotatable bonds is 5. The maximum atomic E-state index is 13.0. The van der Waals surface area contributed by atoms with E-state index in [2.05, 4.69) is 15.7 Å². The monoisotopic (exact) mass is 405 g/mol. The van der Waals surface area contributed by atoms with Crippen LogP contribution < -0.4 is 10.6 Å². The number of anilines is 1. The highest BCUT2D eigenvalue weighted by Gasteiger charge is 2.54.